The first-order valence-electron chi connectivity index (χ1n) is 5.72. The molecule has 0 saturated heterocycles. The van der Waals surface area contributed by atoms with Gasteiger partial charge in [0.15, 0.2) is 0 Å². The summed E-state index contributed by atoms with van der Waals surface area (Å²) in [5.41, 5.74) is 0. The third-order valence-corrected chi connectivity index (χ3v) is 3.51. The molecule has 2 atom stereocenters. The molecule has 0 spiro atoms. The maximum Gasteiger partial charge on any atom is 0.207 e. The smallest absolute Gasteiger partial charge is 0.207 e. The molecule has 0 unspecified atom stereocenters. The van der Waals surface area contributed by atoms with Crippen molar-refractivity contribution < 1.29 is 9.72 Å². The van der Waals surface area contributed by atoms with Gasteiger partial charge in [-0.3, -0.25) is 10.1 Å². The van der Waals surface area contributed by atoms with Gasteiger partial charge < -0.3 is 4.79 Å². The molecule has 1 rings (SSSR count). The summed E-state index contributed by atoms with van der Waals surface area (Å²) in [6.45, 7) is 1.75. The van der Waals surface area contributed by atoms with Crippen molar-refractivity contribution >= 4 is 6.29 Å². The van der Waals surface area contributed by atoms with Crippen LogP contribution < -0.4 is 0 Å². The fourth-order valence-corrected chi connectivity index (χ4v) is 2.58. The van der Waals surface area contributed by atoms with Gasteiger partial charge in [0.1, 0.15) is 6.29 Å². The first kappa shape index (κ1) is 12.1. The van der Waals surface area contributed by atoms with Crippen molar-refractivity contribution in [2.75, 3.05) is 6.54 Å². The Bertz CT molecular complexity index is 224. The summed E-state index contributed by atoms with van der Waals surface area (Å²) < 4.78 is 0. The van der Waals surface area contributed by atoms with Gasteiger partial charge in [-0.2, -0.15) is 0 Å². The second-order valence-electron chi connectivity index (χ2n) is 4.57. The number of nitro groups is 1. The highest BCUT2D eigenvalue weighted by Gasteiger charge is 2.31. The summed E-state index contributed by atoms with van der Waals surface area (Å²) in [4.78, 5) is 21.0. The van der Waals surface area contributed by atoms with Crippen LogP contribution in [0.5, 0.6) is 0 Å². The van der Waals surface area contributed by atoms with Crippen LogP contribution in [0.25, 0.3) is 0 Å². The fourth-order valence-electron chi connectivity index (χ4n) is 2.58. The molecule has 1 aliphatic rings. The van der Waals surface area contributed by atoms with Gasteiger partial charge in [0.2, 0.25) is 6.54 Å². The van der Waals surface area contributed by atoms with Crippen molar-refractivity contribution in [2.45, 2.75) is 39.0 Å². The van der Waals surface area contributed by atoms with Crippen LogP contribution >= 0.6 is 0 Å². The molecule has 0 bridgehead atoms. The Balaban J connectivity index is 2.60. The van der Waals surface area contributed by atoms with Crippen LogP contribution in [0.4, 0.5) is 0 Å². The number of rotatable bonds is 5. The number of carbonyl (C=O) groups excluding carboxylic acids is 1. The zero-order chi connectivity index (χ0) is 11.3. The van der Waals surface area contributed by atoms with E-state index in [4.69, 9.17) is 0 Å². The largest absolute Gasteiger partial charge is 0.303 e. The van der Waals surface area contributed by atoms with E-state index < -0.39 is 0 Å². The van der Waals surface area contributed by atoms with Gasteiger partial charge >= 0.3 is 0 Å². The van der Waals surface area contributed by atoms with Gasteiger partial charge in [-0.25, -0.2) is 0 Å². The molecule has 0 amide bonds. The Labute approximate surface area is 90.2 Å². The lowest BCUT2D eigenvalue weighted by Gasteiger charge is -2.29. The van der Waals surface area contributed by atoms with Crippen LogP contribution in [0, 0.1) is 27.9 Å². The molecule has 0 aromatic rings. The fraction of sp³-hybridized carbons (Fsp3) is 0.909. The van der Waals surface area contributed by atoms with E-state index >= 15 is 0 Å². The van der Waals surface area contributed by atoms with Gasteiger partial charge in [-0.05, 0) is 18.8 Å². The van der Waals surface area contributed by atoms with E-state index in [9.17, 15) is 14.9 Å². The quantitative estimate of drug-likeness (QED) is 0.400. The topological polar surface area (TPSA) is 60.2 Å². The molecular formula is C11H19NO3. The predicted octanol–water partition coefficient (Wildman–Crippen LogP) is 2.29. The van der Waals surface area contributed by atoms with Gasteiger partial charge in [-0.1, -0.05) is 26.2 Å². The first-order valence-corrected chi connectivity index (χ1v) is 5.72. The minimum Gasteiger partial charge on any atom is -0.303 e. The first-order chi connectivity index (χ1) is 7.15. The zero-order valence-corrected chi connectivity index (χ0v) is 9.22. The second kappa shape index (κ2) is 5.83. The molecule has 4 nitrogen and oxygen atoms in total. The van der Waals surface area contributed by atoms with Crippen molar-refractivity contribution in [3.05, 3.63) is 10.1 Å². The molecule has 4 heteroatoms. The number of nitrogens with zero attached hydrogens (tertiary/aromatic N) is 1. The number of carbonyl (C=O) groups is 1. The van der Waals surface area contributed by atoms with Crippen LogP contribution in [-0.4, -0.2) is 17.8 Å². The van der Waals surface area contributed by atoms with Crippen LogP contribution in [0.15, 0.2) is 0 Å². The van der Waals surface area contributed by atoms with Crippen molar-refractivity contribution in [3.63, 3.8) is 0 Å². The maximum absolute atomic E-state index is 10.7. The Morgan fingerprint density at radius 1 is 1.40 bits per heavy atom. The molecule has 0 aliphatic heterocycles. The molecule has 0 radical (unpaired) electrons. The highest BCUT2D eigenvalue weighted by Crippen LogP contribution is 2.33. The van der Waals surface area contributed by atoms with Crippen molar-refractivity contribution in [1.82, 2.24) is 0 Å². The number of hydrogen-bond donors (Lipinski definition) is 0. The minimum atomic E-state index is -0.278. The average molecular weight is 213 g/mol. The molecule has 0 aromatic heterocycles. The zero-order valence-electron chi connectivity index (χ0n) is 9.22. The average Bonchev–Trinajstić information content (AvgIpc) is 2.26. The normalized spacial score (nSPS) is 21.9. The van der Waals surface area contributed by atoms with Gasteiger partial charge in [-0.15, -0.1) is 0 Å². The molecule has 1 saturated carbocycles. The molecule has 1 aliphatic carbocycles. The monoisotopic (exact) mass is 213 g/mol. The Kier molecular flexibility index (Phi) is 4.72. The van der Waals surface area contributed by atoms with Crippen LogP contribution in [-0.2, 0) is 4.79 Å². The molecule has 0 heterocycles. The van der Waals surface area contributed by atoms with Gasteiger partial charge in [0, 0.05) is 16.8 Å². The summed E-state index contributed by atoms with van der Waals surface area (Å²) in [6, 6.07) is 0. The van der Waals surface area contributed by atoms with E-state index in [2.05, 4.69) is 0 Å². The standard InChI is InChI=1S/C11H19NO3/c1-9(8-13)11(7-12(14)15)10-5-3-2-4-6-10/h8-11H,2-7H2,1H3/t9-,11-/m0/s1. The molecule has 1 fully saturated rings. The Morgan fingerprint density at radius 3 is 2.47 bits per heavy atom. The van der Waals surface area contributed by atoms with Gasteiger partial charge in [0.05, 0.1) is 0 Å². The van der Waals surface area contributed by atoms with Crippen molar-refractivity contribution in [2.24, 2.45) is 17.8 Å². The maximum atomic E-state index is 10.7. The number of hydrogen-bond acceptors (Lipinski definition) is 3. The highest BCUT2D eigenvalue weighted by atomic mass is 16.6. The molecule has 0 N–H and O–H groups in total. The lowest BCUT2D eigenvalue weighted by atomic mass is 9.75. The van der Waals surface area contributed by atoms with E-state index in [1.165, 1.54) is 6.42 Å². The van der Waals surface area contributed by atoms with E-state index in [0.29, 0.717) is 5.92 Å². The van der Waals surface area contributed by atoms with E-state index in [1.807, 2.05) is 0 Å². The SMILES string of the molecule is C[C@@H](C=O)[C@H](C[N+](=O)[O-])C1CCCCC1. The van der Waals surface area contributed by atoms with Crippen molar-refractivity contribution in [1.29, 1.82) is 0 Å². The number of aldehydes is 1. The Hall–Kier alpha value is -0.930. The minimum absolute atomic E-state index is 0.0510. The molecule has 0 aromatic carbocycles. The third-order valence-electron chi connectivity index (χ3n) is 3.51. The molecule has 15 heavy (non-hydrogen) atoms. The highest BCUT2D eigenvalue weighted by molar-refractivity contribution is 5.53. The third kappa shape index (κ3) is 3.61. The van der Waals surface area contributed by atoms with E-state index in [1.54, 1.807) is 6.92 Å². The van der Waals surface area contributed by atoms with E-state index in [-0.39, 0.29) is 23.3 Å². The van der Waals surface area contributed by atoms with Gasteiger partial charge in [0.25, 0.3) is 0 Å². The summed E-state index contributed by atoms with van der Waals surface area (Å²) in [5, 5.41) is 10.6. The molecule has 86 valence electrons. The second-order valence-corrected chi connectivity index (χ2v) is 4.57. The molecular weight excluding hydrogens is 194 g/mol. The van der Waals surface area contributed by atoms with Crippen LogP contribution in [0.2, 0.25) is 0 Å². The Morgan fingerprint density at radius 2 is 2.00 bits per heavy atom. The predicted molar refractivity (Wildman–Crippen MR) is 57.2 cm³/mol. The van der Waals surface area contributed by atoms with Crippen LogP contribution in [0.3, 0.4) is 0 Å². The summed E-state index contributed by atoms with van der Waals surface area (Å²) in [7, 11) is 0. The summed E-state index contributed by atoms with van der Waals surface area (Å²) in [5.74, 6) is 0.139. The lowest BCUT2D eigenvalue weighted by Crippen LogP contribution is -2.31. The van der Waals surface area contributed by atoms with Crippen molar-refractivity contribution in [3.8, 4) is 0 Å². The van der Waals surface area contributed by atoms with E-state index in [0.717, 1.165) is 32.0 Å². The summed E-state index contributed by atoms with van der Waals surface area (Å²) >= 11 is 0. The summed E-state index contributed by atoms with van der Waals surface area (Å²) in [6.07, 6.45) is 6.52. The van der Waals surface area contributed by atoms with Crippen LogP contribution in [0.1, 0.15) is 39.0 Å². The lowest BCUT2D eigenvalue weighted by molar-refractivity contribution is -0.491.